The first-order valence-electron chi connectivity index (χ1n) is 11.7. The minimum atomic E-state index is -0.456. The van der Waals surface area contributed by atoms with Crippen LogP contribution in [0.15, 0.2) is 97.7 Å². The maximum absolute atomic E-state index is 13.8. The summed E-state index contributed by atoms with van der Waals surface area (Å²) in [5.74, 6) is 0.117. The van der Waals surface area contributed by atoms with Crippen molar-refractivity contribution >= 4 is 11.7 Å². The Kier molecular flexibility index (Phi) is 6.75. The molecule has 5 rings (SSSR count). The zero-order valence-corrected chi connectivity index (χ0v) is 19.2. The van der Waals surface area contributed by atoms with E-state index in [-0.39, 0.29) is 23.7 Å². The van der Waals surface area contributed by atoms with E-state index in [0.29, 0.717) is 0 Å². The molecule has 0 saturated carbocycles. The maximum atomic E-state index is 13.8. The molecule has 7 heteroatoms. The van der Waals surface area contributed by atoms with Gasteiger partial charge in [0.2, 0.25) is 5.91 Å². The molecule has 1 N–H and O–H groups in total. The summed E-state index contributed by atoms with van der Waals surface area (Å²) >= 11 is 0. The summed E-state index contributed by atoms with van der Waals surface area (Å²) in [5.41, 5.74) is 2.67. The molecular weight excluding hydrogens is 441 g/mol. The Balaban J connectivity index is 1.53. The van der Waals surface area contributed by atoms with E-state index in [1.54, 1.807) is 43.1 Å². The van der Waals surface area contributed by atoms with Crippen LogP contribution in [0.4, 0.5) is 10.2 Å². The van der Waals surface area contributed by atoms with E-state index in [1.165, 1.54) is 12.1 Å². The van der Waals surface area contributed by atoms with E-state index in [2.05, 4.69) is 25.2 Å². The highest BCUT2D eigenvalue weighted by Crippen LogP contribution is 2.37. The van der Waals surface area contributed by atoms with Gasteiger partial charge in [0, 0.05) is 43.4 Å². The molecule has 4 aromatic rings. The van der Waals surface area contributed by atoms with E-state index in [9.17, 15) is 9.18 Å². The minimum Gasteiger partial charge on any atom is -0.347 e. The van der Waals surface area contributed by atoms with Gasteiger partial charge in [0.1, 0.15) is 17.7 Å². The second-order valence-electron chi connectivity index (χ2n) is 8.63. The molecule has 1 amide bonds. The maximum Gasteiger partial charge on any atom is 0.243 e. The third-order valence-corrected chi connectivity index (χ3v) is 6.45. The van der Waals surface area contributed by atoms with Gasteiger partial charge in [-0.05, 0) is 65.9 Å². The number of benzene rings is 1. The van der Waals surface area contributed by atoms with E-state index >= 15 is 0 Å². The van der Waals surface area contributed by atoms with Crippen LogP contribution in [0.3, 0.4) is 0 Å². The number of rotatable bonds is 7. The Morgan fingerprint density at radius 1 is 0.886 bits per heavy atom. The number of carbonyl (C=O) groups is 1. The molecule has 4 heterocycles. The van der Waals surface area contributed by atoms with Gasteiger partial charge >= 0.3 is 0 Å². The van der Waals surface area contributed by atoms with Crippen molar-refractivity contribution in [1.29, 1.82) is 0 Å². The molecule has 3 aromatic heterocycles. The third kappa shape index (κ3) is 5.04. The minimum absolute atomic E-state index is 0.0831. The fraction of sp³-hybridized carbons (Fsp3) is 0.214. The quantitative estimate of drug-likeness (QED) is 0.428. The van der Waals surface area contributed by atoms with Crippen molar-refractivity contribution in [2.45, 2.75) is 30.8 Å². The summed E-state index contributed by atoms with van der Waals surface area (Å²) in [6, 6.07) is 19.0. The van der Waals surface area contributed by atoms with E-state index in [1.807, 2.05) is 42.5 Å². The zero-order chi connectivity index (χ0) is 24.0. The second kappa shape index (κ2) is 10.4. The first-order chi connectivity index (χ1) is 17.2. The van der Waals surface area contributed by atoms with Crippen LogP contribution in [0, 0.1) is 5.82 Å². The van der Waals surface area contributed by atoms with Gasteiger partial charge < -0.3 is 10.2 Å². The molecule has 1 aromatic carbocycles. The molecule has 0 bridgehead atoms. The SMILES string of the molecule is O=C(NC(c1ccc(F)cc1)C(c1cccnc1)c1cccnc1)[C@@H]1CCCN1c1ccccn1. The van der Waals surface area contributed by atoms with Crippen LogP contribution < -0.4 is 10.2 Å². The van der Waals surface area contributed by atoms with Crippen LogP contribution in [0.1, 0.15) is 41.5 Å². The first kappa shape index (κ1) is 22.7. The summed E-state index contributed by atoms with van der Waals surface area (Å²) in [7, 11) is 0. The fourth-order valence-corrected chi connectivity index (χ4v) is 4.81. The molecule has 176 valence electrons. The lowest BCUT2D eigenvalue weighted by atomic mass is 9.83. The fourth-order valence-electron chi connectivity index (χ4n) is 4.81. The molecule has 35 heavy (non-hydrogen) atoms. The first-order valence-corrected chi connectivity index (χ1v) is 11.7. The highest BCUT2D eigenvalue weighted by molar-refractivity contribution is 5.86. The van der Waals surface area contributed by atoms with E-state index < -0.39 is 6.04 Å². The number of hydrogen-bond acceptors (Lipinski definition) is 5. The van der Waals surface area contributed by atoms with Gasteiger partial charge in [-0.3, -0.25) is 14.8 Å². The predicted molar refractivity (Wildman–Crippen MR) is 132 cm³/mol. The predicted octanol–water partition coefficient (Wildman–Crippen LogP) is 4.67. The number of halogens is 1. The lowest BCUT2D eigenvalue weighted by Gasteiger charge is -2.32. The number of nitrogens with zero attached hydrogens (tertiary/aromatic N) is 4. The van der Waals surface area contributed by atoms with Crippen molar-refractivity contribution in [3.05, 3.63) is 120 Å². The van der Waals surface area contributed by atoms with Crippen molar-refractivity contribution in [2.75, 3.05) is 11.4 Å². The zero-order valence-electron chi connectivity index (χ0n) is 19.2. The average Bonchev–Trinajstić information content (AvgIpc) is 3.41. The molecule has 0 spiro atoms. The van der Waals surface area contributed by atoms with Gasteiger partial charge in [0.25, 0.3) is 0 Å². The molecule has 2 atom stereocenters. The third-order valence-electron chi connectivity index (χ3n) is 6.45. The normalized spacial score (nSPS) is 16.3. The monoisotopic (exact) mass is 467 g/mol. The molecule has 1 aliphatic rings. The van der Waals surface area contributed by atoms with Gasteiger partial charge in [-0.15, -0.1) is 0 Å². The molecular formula is C28H26FN5O. The average molecular weight is 468 g/mol. The summed E-state index contributed by atoms with van der Waals surface area (Å²) < 4.78 is 13.8. The molecule has 0 radical (unpaired) electrons. The van der Waals surface area contributed by atoms with Crippen LogP contribution in [-0.4, -0.2) is 33.4 Å². The number of anilines is 1. The Morgan fingerprint density at radius 2 is 1.60 bits per heavy atom. The second-order valence-corrected chi connectivity index (χ2v) is 8.63. The van der Waals surface area contributed by atoms with Gasteiger partial charge in [-0.1, -0.05) is 30.3 Å². The smallest absolute Gasteiger partial charge is 0.243 e. The molecule has 1 fully saturated rings. The standard InChI is InChI=1S/C28H26FN5O/c29-23-12-10-20(11-13-23)27(26(21-6-3-14-30-18-21)22-7-4-15-31-19-22)33-28(35)24-8-5-17-34(24)25-9-1-2-16-32-25/h1-4,6-7,9-16,18-19,24,26-27H,5,8,17H2,(H,33,35)/t24-,27?/m0/s1. The topological polar surface area (TPSA) is 71.0 Å². The van der Waals surface area contributed by atoms with Gasteiger partial charge in [0.15, 0.2) is 0 Å². The van der Waals surface area contributed by atoms with Crippen LogP contribution >= 0.6 is 0 Å². The lowest BCUT2D eigenvalue weighted by molar-refractivity contribution is -0.123. The number of aromatic nitrogens is 3. The Labute approximate surface area is 203 Å². The number of pyridine rings is 3. The number of carbonyl (C=O) groups excluding carboxylic acids is 1. The van der Waals surface area contributed by atoms with Gasteiger partial charge in [-0.25, -0.2) is 9.37 Å². The van der Waals surface area contributed by atoms with Crippen molar-refractivity contribution in [2.24, 2.45) is 0 Å². The van der Waals surface area contributed by atoms with Crippen molar-refractivity contribution < 1.29 is 9.18 Å². The molecule has 1 unspecified atom stereocenters. The van der Waals surface area contributed by atoms with Gasteiger partial charge in [0.05, 0.1) is 6.04 Å². The van der Waals surface area contributed by atoms with E-state index in [0.717, 1.165) is 41.9 Å². The highest BCUT2D eigenvalue weighted by atomic mass is 19.1. The van der Waals surface area contributed by atoms with Crippen molar-refractivity contribution in [1.82, 2.24) is 20.3 Å². The molecule has 1 saturated heterocycles. The van der Waals surface area contributed by atoms with Crippen LogP contribution in [-0.2, 0) is 4.79 Å². The highest BCUT2D eigenvalue weighted by Gasteiger charge is 2.35. The Hall–Kier alpha value is -4.13. The van der Waals surface area contributed by atoms with E-state index in [4.69, 9.17) is 0 Å². The summed E-state index contributed by atoms with van der Waals surface area (Å²) in [6.45, 7) is 0.769. The Bertz CT molecular complexity index is 1200. The summed E-state index contributed by atoms with van der Waals surface area (Å²) in [5, 5.41) is 3.31. The van der Waals surface area contributed by atoms with Crippen molar-refractivity contribution in [3.63, 3.8) is 0 Å². The molecule has 0 aliphatic carbocycles. The van der Waals surface area contributed by atoms with Crippen LogP contribution in [0.25, 0.3) is 0 Å². The Morgan fingerprint density at radius 3 is 2.20 bits per heavy atom. The van der Waals surface area contributed by atoms with Crippen LogP contribution in [0.5, 0.6) is 0 Å². The van der Waals surface area contributed by atoms with Gasteiger partial charge in [-0.2, -0.15) is 0 Å². The number of hydrogen-bond donors (Lipinski definition) is 1. The molecule has 6 nitrogen and oxygen atoms in total. The summed E-state index contributed by atoms with van der Waals surface area (Å²) in [6.07, 6.45) is 10.4. The number of nitrogens with one attached hydrogen (secondary N) is 1. The lowest BCUT2D eigenvalue weighted by Crippen LogP contribution is -2.46. The van der Waals surface area contributed by atoms with Crippen molar-refractivity contribution in [3.8, 4) is 0 Å². The number of amides is 1. The summed E-state index contributed by atoms with van der Waals surface area (Å²) in [4.78, 5) is 28.9. The molecule has 1 aliphatic heterocycles. The van der Waals surface area contributed by atoms with Crippen LogP contribution in [0.2, 0.25) is 0 Å². The largest absolute Gasteiger partial charge is 0.347 e.